The maximum absolute atomic E-state index is 12.1. The van der Waals surface area contributed by atoms with Gasteiger partial charge in [0.25, 0.3) is 0 Å². The van der Waals surface area contributed by atoms with Gasteiger partial charge in [0, 0.05) is 0 Å². The van der Waals surface area contributed by atoms with E-state index in [1.165, 1.54) is 22.3 Å². The van der Waals surface area contributed by atoms with E-state index in [9.17, 15) is 3.83 Å². The predicted octanol–water partition coefficient (Wildman–Crippen LogP) is 2.00. The number of benzene rings is 2. The topological polar surface area (TPSA) is 17.1 Å². The zero-order valence-electron chi connectivity index (χ0n) is 11.8. The minimum atomic E-state index is -1.84. The maximum atomic E-state index is 12.1. The van der Waals surface area contributed by atoms with Gasteiger partial charge in [-0.1, -0.05) is 0 Å². The van der Waals surface area contributed by atoms with Crippen LogP contribution in [-0.4, -0.2) is 13.8 Å². The molecule has 0 fully saturated rings. The molecule has 4 bridgehead atoms. The van der Waals surface area contributed by atoms with Crippen LogP contribution < -0.4 is 7.53 Å². The summed E-state index contributed by atoms with van der Waals surface area (Å²) in [6.07, 6.45) is 4.26. The molecule has 0 amide bonds. The van der Waals surface area contributed by atoms with Gasteiger partial charge in [0.1, 0.15) is 0 Å². The Bertz CT molecular complexity index is 679. The van der Waals surface area contributed by atoms with Crippen molar-refractivity contribution < 1.29 is 30.0 Å². The SMILES string of the molecule is C[Se](=O)c1cc2ccc1CCc1ccc(c[c]1[Hg])CC2. The molecule has 3 heteroatoms. The van der Waals surface area contributed by atoms with E-state index in [4.69, 9.17) is 0 Å². The van der Waals surface area contributed by atoms with E-state index < -0.39 is 13.8 Å². The first-order valence-corrected chi connectivity index (χ1v) is 13.0. The van der Waals surface area contributed by atoms with Crippen molar-refractivity contribution in [3.8, 4) is 0 Å². The van der Waals surface area contributed by atoms with Crippen LogP contribution in [0.5, 0.6) is 0 Å². The molecular formula is C17H17HgOSe. The third kappa shape index (κ3) is 3.13. The summed E-state index contributed by atoms with van der Waals surface area (Å²) in [5.41, 5.74) is 5.59. The van der Waals surface area contributed by atoms with Crippen molar-refractivity contribution in [2.24, 2.45) is 0 Å². The van der Waals surface area contributed by atoms with Crippen molar-refractivity contribution >= 4 is 21.4 Å². The van der Waals surface area contributed by atoms with Crippen LogP contribution in [0.2, 0.25) is 5.82 Å². The van der Waals surface area contributed by atoms with Crippen molar-refractivity contribution in [3.05, 3.63) is 58.7 Å². The fraction of sp³-hybridized carbons (Fsp3) is 0.294. The predicted molar refractivity (Wildman–Crippen MR) is 79.3 cm³/mol. The number of rotatable bonds is 1. The van der Waals surface area contributed by atoms with Crippen LogP contribution in [-0.2, 0) is 55.6 Å². The van der Waals surface area contributed by atoms with Crippen molar-refractivity contribution in [1.29, 1.82) is 0 Å². The van der Waals surface area contributed by atoms with E-state index in [0.29, 0.717) is 26.1 Å². The van der Waals surface area contributed by atoms with E-state index >= 15 is 0 Å². The molecule has 20 heavy (non-hydrogen) atoms. The summed E-state index contributed by atoms with van der Waals surface area (Å²) in [6.45, 7) is 0. The molecule has 99 valence electrons. The Kier molecular flexibility index (Phi) is 4.54. The molecule has 0 aliphatic heterocycles. The van der Waals surface area contributed by atoms with Crippen LogP contribution in [0.4, 0.5) is 0 Å². The van der Waals surface area contributed by atoms with Gasteiger partial charge in [0.15, 0.2) is 0 Å². The van der Waals surface area contributed by atoms with Crippen molar-refractivity contribution in [2.45, 2.75) is 31.5 Å². The standard InChI is InChI=1S/C17H17OSe.Hg/c1-19(18)17-12-15-7-6-13-2-4-14(5-3-13)8-10-16(17)11-9-15;/h2-4,9,11-12H,6-8,10H2,1H3;. The Labute approximate surface area is 140 Å². The monoisotopic (exact) mass is 519 g/mol. The quantitative estimate of drug-likeness (QED) is 0.530. The molecule has 0 radical (unpaired) electrons. The zero-order valence-corrected chi connectivity index (χ0v) is 19.0. The van der Waals surface area contributed by atoms with Crippen molar-refractivity contribution in [2.75, 3.05) is 0 Å². The second-order valence-corrected chi connectivity index (χ2v) is 11.3. The molecule has 4 aliphatic carbocycles. The summed E-state index contributed by atoms with van der Waals surface area (Å²) in [5.74, 6) is 1.89. The van der Waals surface area contributed by atoms with E-state index in [-0.39, 0.29) is 0 Å². The fourth-order valence-electron chi connectivity index (χ4n) is 2.87. The first-order chi connectivity index (χ1) is 9.63. The van der Waals surface area contributed by atoms with E-state index in [0.717, 1.165) is 30.1 Å². The van der Waals surface area contributed by atoms with Crippen LogP contribution in [0.25, 0.3) is 0 Å². The number of hydrogen-bond donors (Lipinski definition) is 0. The first-order valence-electron chi connectivity index (χ1n) is 7.02. The second-order valence-electron chi connectivity index (χ2n) is 5.50. The molecule has 1 unspecified atom stereocenters. The van der Waals surface area contributed by atoms with Crippen LogP contribution >= 0.6 is 0 Å². The Morgan fingerprint density at radius 3 is 2.15 bits per heavy atom. The van der Waals surface area contributed by atoms with Crippen molar-refractivity contribution in [3.63, 3.8) is 0 Å². The Hall–Kier alpha value is -0.305. The van der Waals surface area contributed by atoms with Gasteiger partial charge < -0.3 is 0 Å². The van der Waals surface area contributed by atoms with Gasteiger partial charge in [0.2, 0.25) is 0 Å². The molecule has 0 N–H and O–H groups in total. The molecule has 0 heterocycles. The zero-order chi connectivity index (χ0) is 14.1. The normalized spacial score (nSPS) is 15.8. The molecule has 1 nitrogen and oxygen atoms in total. The van der Waals surface area contributed by atoms with E-state index in [1.807, 2.05) is 5.82 Å². The molecule has 0 spiro atoms. The Morgan fingerprint density at radius 1 is 0.900 bits per heavy atom. The van der Waals surface area contributed by atoms with Gasteiger partial charge in [-0.25, -0.2) is 0 Å². The van der Waals surface area contributed by atoms with Crippen LogP contribution in [0.15, 0.2) is 36.4 Å². The fourth-order valence-corrected chi connectivity index (χ4v) is 6.83. The van der Waals surface area contributed by atoms with Gasteiger partial charge in [-0.3, -0.25) is 0 Å². The molecule has 6 rings (SSSR count). The summed E-state index contributed by atoms with van der Waals surface area (Å²) in [7, 11) is 0. The Balaban J connectivity index is 2.06. The third-order valence-electron chi connectivity index (χ3n) is 4.08. The molecule has 4 aliphatic rings. The molecule has 1 atom stereocenters. The van der Waals surface area contributed by atoms with Gasteiger partial charge >= 0.3 is 141 Å². The van der Waals surface area contributed by atoms with Gasteiger partial charge in [-0.05, 0) is 0 Å². The molecular weight excluding hydrogens is 500 g/mol. The summed E-state index contributed by atoms with van der Waals surface area (Å²) >= 11 is -1.16. The molecule has 0 saturated heterocycles. The molecule has 0 saturated carbocycles. The van der Waals surface area contributed by atoms with E-state index in [2.05, 4.69) is 36.4 Å². The van der Waals surface area contributed by atoms with E-state index in [1.54, 1.807) is 3.07 Å². The molecule has 0 aromatic heterocycles. The molecule has 2 aromatic carbocycles. The summed E-state index contributed by atoms with van der Waals surface area (Å²) < 4.78 is 14.8. The third-order valence-corrected chi connectivity index (χ3v) is 8.73. The second kappa shape index (κ2) is 6.21. The number of hydrogen-bond acceptors (Lipinski definition) is 1. The minimum absolute atomic E-state index is 0.675. The summed E-state index contributed by atoms with van der Waals surface area (Å²) in [6, 6.07) is 13.7. The van der Waals surface area contributed by atoms with Gasteiger partial charge in [0.05, 0.1) is 0 Å². The van der Waals surface area contributed by atoms with Gasteiger partial charge in [-0.15, -0.1) is 0 Å². The van der Waals surface area contributed by atoms with Crippen molar-refractivity contribution in [1.82, 2.24) is 0 Å². The van der Waals surface area contributed by atoms with Gasteiger partial charge in [-0.2, -0.15) is 0 Å². The van der Waals surface area contributed by atoms with Crippen LogP contribution in [0.3, 0.4) is 0 Å². The average Bonchev–Trinajstić information content (AvgIpc) is 2.42. The number of aryl methyl sites for hydroxylation is 4. The summed E-state index contributed by atoms with van der Waals surface area (Å²) in [5, 5.41) is 0. The van der Waals surface area contributed by atoms with Crippen LogP contribution in [0, 0.1) is 0 Å². The average molecular weight is 517 g/mol. The summed E-state index contributed by atoms with van der Waals surface area (Å²) in [4.78, 5) is 0. The molecule has 2 aromatic rings. The van der Waals surface area contributed by atoms with Crippen LogP contribution in [0.1, 0.15) is 22.3 Å². The Morgan fingerprint density at radius 2 is 1.50 bits per heavy atom. The first kappa shape index (κ1) is 14.6.